The summed E-state index contributed by atoms with van der Waals surface area (Å²) < 4.78 is 0. The fraction of sp³-hybridized carbons (Fsp3) is 0.364. The first kappa shape index (κ1) is 12.1. The van der Waals surface area contributed by atoms with Crippen LogP contribution in [-0.2, 0) is 11.3 Å². The molecule has 0 spiro atoms. The third-order valence-electron chi connectivity index (χ3n) is 2.01. The second-order valence-electron chi connectivity index (χ2n) is 3.34. The standard InChI is InChI=1S/C11H13N3O2/c12-7-10-6-9(3-5-14-10)8-13-4-1-2-11(15)16/h3,5-6,13H,1-2,4,8H2,(H,15,16). The predicted octanol–water partition coefficient (Wildman–Crippen LogP) is 0.908. The van der Waals surface area contributed by atoms with Crippen molar-refractivity contribution in [3.05, 3.63) is 29.6 Å². The van der Waals surface area contributed by atoms with Crippen LogP contribution >= 0.6 is 0 Å². The van der Waals surface area contributed by atoms with Gasteiger partial charge in [0.05, 0.1) is 0 Å². The molecule has 0 fully saturated rings. The molecule has 0 bridgehead atoms. The molecule has 0 amide bonds. The van der Waals surface area contributed by atoms with E-state index in [0.29, 0.717) is 25.2 Å². The van der Waals surface area contributed by atoms with Crippen molar-refractivity contribution in [2.45, 2.75) is 19.4 Å². The minimum Gasteiger partial charge on any atom is -0.481 e. The molecular formula is C11H13N3O2. The summed E-state index contributed by atoms with van der Waals surface area (Å²) in [6.07, 6.45) is 2.37. The highest BCUT2D eigenvalue weighted by Gasteiger charge is 1.98. The quantitative estimate of drug-likeness (QED) is 0.694. The third kappa shape index (κ3) is 4.53. The Morgan fingerprint density at radius 3 is 3.12 bits per heavy atom. The van der Waals surface area contributed by atoms with E-state index in [4.69, 9.17) is 10.4 Å². The molecule has 0 aliphatic carbocycles. The van der Waals surface area contributed by atoms with Crippen molar-refractivity contribution in [2.24, 2.45) is 0 Å². The van der Waals surface area contributed by atoms with Crippen LogP contribution in [0, 0.1) is 11.3 Å². The first-order chi connectivity index (χ1) is 7.72. The SMILES string of the molecule is N#Cc1cc(CNCCCC(=O)O)ccn1. The van der Waals surface area contributed by atoms with Crippen LogP contribution < -0.4 is 5.32 Å². The molecule has 0 saturated heterocycles. The van der Waals surface area contributed by atoms with Gasteiger partial charge in [0.25, 0.3) is 0 Å². The van der Waals surface area contributed by atoms with Crippen molar-refractivity contribution >= 4 is 5.97 Å². The zero-order valence-electron chi connectivity index (χ0n) is 8.81. The van der Waals surface area contributed by atoms with Crippen molar-refractivity contribution < 1.29 is 9.90 Å². The molecular weight excluding hydrogens is 206 g/mol. The lowest BCUT2D eigenvalue weighted by Gasteiger charge is -2.03. The van der Waals surface area contributed by atoms with Gasteiger partial charge in [0, 0.05) is 19.2 Å². The van der Waals surface area contributed by atoms with Gasteiger partial charge in [-0.2, -0.15) is 5.26 Å². The Kier molecular flexibility index (Phi) is 4.96. The number of aliphatic carboxylic acids is 1. The van der Waals surface area contributed by atoms with Crippen molar-refractivity contribution in [1.82, 2.24) is 10.3 Å². The Morgan fingerprint density at radius 2 is 2.44 bits per heavy atom. The molecule has 5 nitrogen and oxygen atoms in total. The van der Waals surface area contributed by atoms with Gasteiger partial charge in [-0.15, -0.1) is 0 Å². The summed E-state index contributed by atoms with van der Waals surface area (Å²) in [6, 6.07) is 5.50. The lowest BCUT2D eigenvalue weighted by Crippen LogP contribution is -2.15. The van der Waals surface area contributed by atoms with E-state index < -0.39 is 5.97 Å². The number of hydrogen-bond acceptors (Lipinski definition) is 4. The van der Waals surface area contributed by atoms with Crippen LogP contribution in [0.4, 0.5) is 0 Å². The van der Waals surface area contributed by atoms with Crippen LogP contribution in [0.5, 0.6) is 0 Å². The summed E-state index contributed by atoms with van der Waals surface area (Å²) in [5.74, 6) is -0.780. The van der Waals surface area contributed by atoms with Gasteiger partial charge in [-0.1, -0.05) is 0 Å². The van der Waals surface area contributed by atoms with Gasteiger partial charge >= 0.3 is 5.97 Å². The van der Waals surface area contributed by atoms with Crippen LogP contribution in [0.3, 0.4) is 0 Å². The predicted molar refractivity (Wildman–Crippen MR) is 57.5 cm³/mol. The summed E-state index contributed by atoms with van der Waals surface area (Å²) in [6.45, 7) is 1.27. The van der Waals surface area contributed by atoms with Gasteiger partial charge in [-0.3, -0.25) is 4.79 Å². The number of carboxylic acids is 1. The zero-order chi connectivity index (χ0) is 11.8. The normalized spacial score (nSPS) is 9.69. The largest absolute Gasteiger partial charge is 0.481 e. The highest BCUT2D eigenvalue weighted by molar-refractivity contribution is 5.66. The Morgan fingerprint density at radius 1 is 1.62 bits per heavy atom. The maximum Gasteiger partial charge on any atom is 0.303 e. The van der Waals surface area contributed by atoms with E-state index in [9.17, 15) is 4.79 Å². The Labute approximate surface area is 93.7 Å². The molecule has 1 heterocycles. The van der Waals surface area contributed by atoms with Gasteiger partial charge in [-0.05, 0) is 30.7 Å². The molecule has 0 atom stereocenters. The molecule has 0 aromatic carbocycles. The van der Waals surface area contributed by atoms with Gasteiger partial charge in [0.15, 0.2) is 0 Å². The Hall–Kier alpha value is -1.93. The number of nitrogens with zero attached hydrogens (tertiary/aromatic N) is 2. The Bertz CT molecular complexity index is 398. The summed E-state index contributed by atoms with van der Waals surface area (Å²) in [5, 5.41) is 20.2. The molecule has 1 aromatic rings. The summed E-state index contributed by atoms with van der Waals surface area (Å²) in [5.41, 5.74) is 1.37. The molecule has 1 aromatic heterocycles. The van der Waals surface area contributed by atoms with Crippen molar-refractivity contribution in [3.63, 3.8) is 0 Å². The number of aromatic nitrogens is 1. The lowest BCUT2D eigenvalue weighted by atomic mass is 10.2. The molecule has 0 aliphatic heterocycles. The topological polar surface area (TPSA) is 86.0 Å². The van der Waals surface area contributed by atoms with Crippen LogP contribution in [0.2, 0.25) is 0 Å². The molecule has 1 rings (SSSR count). The van der Waals surface area contributed by atoms with Gasteiger partial charge in [-0.25, -0.2) is 4.98 Å². The first-order valence-corrected chi connectivity index (χ1v) is 5.00. The zero-order valence-corrected chi connectivity index (χ0v) is 8.81. The highest BCUT2D eigenvalue weighted by atomic mass is 16.4. The fourth-order valence-electron chi connectivity index (χ4n) is 1.24. The third-order valence-corrected chi connectivity index (χ3v) is 2.01. The number of nitrogens with one attached hydrogen (secondary N) is 1. The van der Waals surface area contributed by atoms with Gasteiger partial charge in [0.1, 0.15) is 11.8 Å². The second kappa shape index (κ2) is 6.53. The van der Waals surface area contributed by atoms with Gasteiger partial charge in [0.2, 0.25) is 0 Å². The highest BCUT2D eigenvalue weighted by Crippen LogP contribution is 2.00. The van der Waals surface area contributed by atoms with Crippen molar-refractivity contribution in [3.8, 4) is 6.07 Å². The molecule has 0 saturated carbocycles. The number of carboxylic acid groups (broad SMARTS) is 1. The monoisotopic (exact) mass is 219 g/mol. The van der Waals surface area contributed by atoms with E-state index in [-0.39, 0.29) is 6.42 Å². The number of nitriles is 1. The number of hydrogen-bond donors (Lipinski definition) is 2. The van der Waals surface area contributed by atoms with E-state index in [1.54, 1.807) is 12.3 Å². The van der Waals surface area contributed by atoms with Crippen molar-refractivity contribution in [2.75, 3.05) is 6.54 Å². The number of pyridine rings is 1. The van der Waals surface area contributed by atoms with E-state index in [1.807, 2.05) is 12.1 Å². The van der Waals surface area contributed by atoms with E-state index >= 15 is 0 Å². The van der Waals surface area contributed by atoms with Crippen LogP contribution in [0.1, 0.15) is 24.1 Å². The molecule has 84 valence electrons. The molecule has 5 heteroatoms. The average molecular weight is 219 g/mol. The molecule has 16 heavy (non-hydrogen) atoms. The summed E-state index contributed by atoms with van der Waals surface area (Å²) in [4.78, 5) is 14.1. The van der Waals surface area contributed by atoms with Gasteiger partial charge < -0.3 is 10.4 Å². The average Bonchev–Trinajstić information content (AvgIpc) is 2.28. The van der Waals surface area contributed by atoms with E-state index in [0.717, 1.165) is 5.56 Å². The van der Waals surface area contributed by atoms with Crippen LogP contribution in [0.25, 0.3) is 0 Å². The van der Waals surface area contributed by atoms with Crippen LogP contribution in [-0.4, -0.2) is 22.6 Å². The summed E-state index contributed by atoms with van der Waals surface area (Å²) >= 11 is 0. The molecule has 2 N–H and O–H groups in total. The van der Waals surface area contributed by atoms with Crippen LogP contribution in [0.15, 0.2) is 18.3 Å². The number of carbonyl (C=O) groups is 1. The molecule has 0 unspecified atom stereocenters. The maximum absolute atomic E-state index is 10.2. The smallest absolute Gasteiger partial charge is 0.303 e. The number of rotatable bonds is 6. The summed E-state index contributed by atoms with van der Waals surface area (Å²) in [7, 11) is 0. The Balaban J connectivity index is 2.27. The second-order valence-corrected chi connectivity index (χ2v) is 3.34. The fourth-order valence-corrected chi connectivity index (χ4v) is 1.24. The lowest BCUT2D eigenvalue weighted by molar-refractivity contribution is -0.137. The minimum absolute atomic E-state index is 0.173. The van der Waals surface area contributed by atoms with E-state index in [1.165, 1.54) is 0 Å². The first-order valence-electron chi connectivity index (χ1n) is 5.00. The van der Waals surface area contributed by atoms with E-state index in [2.05, 4.69) is 10.3 Å². The molecule has 0 radical (unpaired) electrons. The minimum atomic E-state index is -0.780. The molecule has 0 aliphatic rings. The van der Waals surface area contributed by atoms with Crippen molar-refractivity contribution in [1.29, 1.82) is 5.26 Å². The maximum atomic E-state index is 10.2.